The Morgan fingerprint density at radius 3 is 2.43 bits per heavy atom. The first-order valence-electron chi connectivity index (χ1n) is 12.4. The van der Waals surface area contributed by atoms with Gasteiger partial charge in [0.15, 0.2) is 5.76 Å². The molecule has 9 heteroatoms. The fraction of sp³-hybridized carbons (Fsp3) is 0.500. The highest BCUT2D eigenvalue weighted by molar-refractivity contribution is 6.42. The lowest BCUT2D eigenvalue weighted by atomic mass is 9.77. The molecule has 2 heterocycles. The van der Waals surface area contributed by atoms with Gasteiger partial charge < -0.3 is 20.4 Å². The fourth-order valence-corrected chi connectivity index (χ4v) is 4.91. The Labute approximate surface area is 229 Å². The highest BCUT2D eigenvalue weighted by Gasteiger charge is 2.45. The predicted octanol–water partition coefficient (Wildman–Crippen LogP) is 6.66. The molecule has 1 aromatic carbocycles. The summed E-state index contributed by atoms with van der Waals surface area (Å²) in [6.45, 7) is 14.2. The van der Waals surface area contributed by atoms with Crippen LogP contribution in [0.1, 0.15) is 67.0 Å². The van der Waals surface area contributed by atoms with Crippen LogP contribution >= 0.6 is 23.2 Å². The van der Waals surface area contributed by atoms with E-state index in [1.807, 2.05) is 26.8 Å². The molecule has 3 rings (SSSR count). The maximum Gasteiger partial charge on any atom is 0.413 e. The van der Waals surface area contributed by atoms with Gasteiger partial charge in [-0.25, -0.2) is 4.79 Å². The number of hydrogen-bond acceptors (Lipinski definition) is 4. The number of allylic oxidation sites excluding steroid dienone is 2. The van der Waals surface area contributed by atoms with Gasteiger partial charge in [-0.05, 0) is 98.7 Å². The van der Waals surface area contributed by atoms with Crippen LogP contribution in [0.25, 0.3) is 17.0 Å². The number of halogens is 2. The number of rotatable bonds is 5. The number of amides is 2. The van der Waals surface area contributed by atoms with E-state index in [-0.39, 0.29) is 22.9 Å². The minimum Gasteiger partial charge on any atom is -0.404 e. The van der Waals surface area contributed by atoms with Crippen LogP contribution in [-0.2, 0) is 9.53 Å². The van der Waals surface area contributed by atoms with Gasteiger partial charge in [-0.15, -0.1) is 0 Å². The molecular formula is C28H38Cl2N4O3. The van der Waals surface area contributed by atoms with Crippen LogP contribution in [0.3, 0.4) is 0 Å². The van der Waals surface area contributed by atoms with E-state index >= 15 is 0 Å². The Hall–Kier alpha value is -2.48. The molecular weight excluding hydrogens is 511 g/mol. The van der Waals surface area contributed by atoms with Gasteiger partial charge in [-0.3, -0.25) is 9.69 Å². The molecule has 0 saturated carbocycles. The van der Waals surface area contributed by atoms with Crippen molar-refractivity contribution in [2.45, 2.75) is 84.0 Å². The van der Waals surface area contributed by atoms with Crippen LogP contribution in [0.4, 0.5) is 4.79 Å². The number of aromatic nitrogens is 1. The van der Waals surface area contributed by atoms with Crippen molar-refractivity contribution in [2.24, 2.45) is 0 Å². The number of carbonyl (C=O) groups is 2. The third-order valence-electron chi connectivity index (χ3n) is 7.08. The molecule has 0 bridgehead atoms. The summed E-state index contributed by atoms with van der Waals surface area (Å²) < 4.78 is 5.48. The number of carbonyl (C=O) groups excluding carboxylic acids is 2. The minimum atomic E-state index is -0.696. The van der Waals surface area contributed by atoms with E-state index in [0.717, 1.165) is 29.4 Å². The van der Waals surface area contributed by atoms with Crippen molar-refractivity contribution in [1.82, 2.24) is 20.5 Å². The Kier molecular flexibility index (Phi) is 8.42. The molecule has 3 N–H and O–H groups in total. The number of hydrogen-bond donors (Lipinski definition) is 3. The first-order valence-corrected chi connectivity index (χ1v) is 13.2. The zero-order valence-electron chi connectivity index (χ0n) is 22.9. The zero-order chi connectivity index (χ0) is 27.8. The number of benzene rings is 1. The molecule has 1 unspecified atom stereocenters. The van der Waals surface area contributed by atoms with Gasteiger partial charge in [0, 0.05) is 39.3 Å². The van der Waals surface area contributed by atoms with E-state index in [4.69, 9.17) is 27.9 Å². The molecule has 7 nitrogen and oxygen atoms in total. The molecule has 1 aliphatic heterocycles. The monoisotopic (exact) mass is 548 g/mol. The Morgan fingerprint density at radius 1 is 1.14 bits per heavy atom. The highest BCUT2D eigenvalue weighted by Crippen LogP contribution is 2.37. The van der Waals surface area contributed by atoms with Crippen molar-refractivity contribution < 1.29 is 14.3 Å². The predicted molar refractivity (Wildman–Crippen MR) is 152 cm³/mol. The summed E-state index contributed by atoms with van der Waals surface area (Å²) in [7, 11) is 2.08. The summed E-state index contributed by atoms with van der Waals surface area (Å²) in [4.78, 5) is 31.4. The van der Waals surface area contributed by atoms with Crippen LogP contribution in [0.2, 0.25) is 10.0 Å². The average molecular weight is 550 g/mol. The standard InChI is InChI=1S/C28H38Cl2N4O3/c1-26(2,3)33-25(36)37-22(24(35)32-23-12-13-27(4,5)34(8)28(23,6)7)11-9-10-18-14-17-15-19(29)20(30)16-21(17)31-18/h9-11,14-16,23,31H,12-13H2,1-8H3,(H,32,35)(H,33,36). The van der Waals surface area contributed by atoms with Gasteiger partial charge >= 0.3 is 6.09 Å². The molecule has 0 radical (unpaired) electrons. The molecule has 0 aliphatic carbocycles. The van der Waals surface area contributed by atoms with E-state index in [2.05, 4.69) is 55.3 Å². The lowest BCUT2D eigenvalue weighted by Gasteiger charge is -2.55. The molecule has 1 aromatic heterocycles. The maximum atomic E-state index is 13.4. The van der Waals surface area contributed by atoms with E-state index in [9.17, 15) is 9.59 Å². The second kappa shape index (κ2) is 10.7. The third-order valence-corrected chi connectivity index (χ3v) is 7.81. The normalized spacial score (nSPS) is 20.3. The minimum absolute atomic E-state index is 0.0171. The Morgan fingerprint density at radius 2 is 1.78 bits per heavy atom. The number of fused-ring (bicyclic) bond motifs is 1. The van der Waals surface area contributed by atoms with Crippen molar-refractivity contribution in [2.75, 3.05) is 7.05 Å². The number of piperidine rings is 1. The fourth-order valence-electron chi connectivity index (χ4n) is 4.58. The maximum absolute atomic E-state index is 13.4. The van der Waals surface area contributed by atoms with Crippen LogP contribution in [-0.4, -0.2) is 51.6 Å². The zero-order valence-corrected chi connectivity index (χ0v) is 24.4. The second-order valence-electron chi connectivity index (χ2n) is 11.8. The first kappa shape index (κ1) is 29.1. The molecule has 1 atom stereocenters. The molecule has 2 amide bonds. The number of likely N-dealkylation sites (N-methyl/N-ethyl adjacent to an activating group) is 1. The number of H-pyrrole nitrogens is 1. The summed E-state index contributed by atoms with van der Waals surface area (Å²) in [5.41, 5.74) is 0.827. The van der Waals surface area contributed by atoms with Gasteiger partial charge in [-0.2, -0.15) is 0 Å². The van der Waals surface area contributed by atoms with E-state index in [1.165, 1.54) is 6.08 Å². The van der Waals surface area contributed by atoms with Gasteiger partial charge in [0.25, 0.3) is 5.91 Å². The van der Waals surface area contributed by atoms with E-state index < -0.39 is 17.5 Å². The van der Waals surface area contributed by atoms with Crippen LogP contribution in [0.15, 0.2) is 36.1 Å². The Balaban J connectivity index is 1.84. The van der Waals surface area contributed by atoms with Crippen molar-refractivity contribution >= 4 is 52.2 Å². The molecule has 2 aromatic rings. The van der Waals surface area contributed by atoms with Gasteiger partial charge in [0.1, 0.15) is 0 Å². The van der Waals surface area contributed by atoms with Crippen LogP contribution in [0, 0.1) is 0 Å². The topological polar surface area (TPSA) is 86.5 Å². The van der Waals surface area contributed by atoms with Crippen molar-refractivity contribution in [3.05, 3.63) is 51.8 Å². The number of ether oxygens (including phenoxy) is 1. The SMILES string of the molecule is CN1C(C)(C)CCC(NC(=O)C(=CC=Cc2cc3cc(Cl)c(Cl)cc3[nH]2)OC(=O)NC(C)(C)C)C1(C)C. The van der Waals surface area contributed by atoms with Crippen molar-refractivity contribution in [3.8, 4) is 0 Å². The number of alkyl carbamates (subject to hydrolysis) is 1. The average Bonchev–Trinajstić information content (AvgIpc) is 3.14. The second-order valence-corrected chi connectivity index (χ2v) is 12.6. The summed E-state index contributed by atoms with van der Waals surface area (Å²) in [5.74, 6) is -0.543. The largest absolute Gasteiger partial charge is 0.413 e. The molecule has 1 fully saturated rings. The van der Waals surface area contributed by atoms with E-state index in [1.54, 1.807) is 24.3 Å². The smallest absolute Gasteiger partial charge is 0.404 e. The summed E-state index contributed by atoms with van der Waals surface area (Å²) >= 11 is 12.2. The lowest BCUT2D eigenvalue weighted by molar-refractivity contribution is -0.123. The van der Waals surface area contributed by atoms with Crippen molar-refractivity contribution in [1.29, 1.82) is 0 Å². The third kappa shape index (κ3) is 7.09. The molecule has 202 valence electrons. The highest BCUT2D eigenvalue weighted by atomic mass is 35.5. The molecule has 1 aliphatic rings. The number of aromatic amines is 1. The number of nitrogens with one attached hydrogen (secondary N) is 3. The molecule has 0 spiro atoms. The molecule has 37 heavy (non-hydrogen) atoms. The molecule has 1 saturated heterocycles. The summed E-state index contributed by atoms with van der Waals surface area (Å²) in [5, 5.41) is 7.68. The Bertz CT molecular complexity index is 1200. The van der Waals surface area contributed by atoms with Gasteiger partial charge in [0.2, 0.25) is 0 Å². The summed E-state index contributed by atoms with van der Waals surface area (Å²) in [6.07, 6.45) is 5.98. The lowest BCUT2D eigenvalue weighted by Crippen LogP contribution is -2.66. The number of likely N-dealkylation sites (tertiary alicyclic amines) is 1. The quantitative estimate of drug-likeness (QED) is 0.221. The van der Waals surface area contributed by atoms with E-state index in [0.29, 0.717) is 10.0 Å². The van der Waals surface area contributed by atoms with Crippen LogP contribution < -0.4 is 10.6 Å². The van der Waals surface area contributed by atoms with Gasteiger partial charge in [0.05, 0.1) is 10.0 Å². The first-order chi connectivity index (χ1) is 17.0. The van der Waals surface area contributed by atoms with Crippen molar-refractivity contribution in [3.63, 3.8) is 0 Å². The van der Waals surface area contributed by atoms with Crippen LogP contribution in [0.5, 0.6) is 0 Å². The number of nitrogens with zero attached hydrogens (tertiary/aromatic N) is 1. The summed E-state index contributed by atoms with van der Waals surface area (Å²) in [6, 6.07) is 5.33. The van der Waals surface area contributed by atoms with Gasteiger partial charge in [-0.1, -0.05) is 29.3 Å².